The Morgan fingerprint density at radius 3 is 2.44 bits per heavy atom. The van der Waals surface area contributed by atoms with Crippen molar-refractivity contribution in [1.29, 1.82) is 0 Å². The molecule has 0 aliphatic carbocycles. The molecule has 1 aromatic carbocycles. The molecule has 0 heterocycles. The fraction of sp³-hybridized carbons (Fsp3) is 0.364. The Bertz CT molecular complexity index is 455. The normalized spacial score (nSPS) is 11.3. The molecule has 0 N–H and O–H groups in total. The SMILES string of the molecule is COP(=O)(CC(=O)COc1ccccc1Br)OC. The quantitative estimate of drug-likeness (QED) is 0.716. The molecule has 0 saturated carbocycles. The highest BCUT2D eigenvalue weighted by Gasteiger charge is 2.25. The van der Waals surface area contributed by atoms with Crippen molar-refractivity contribution < 1.29 is 23.1 Å². The predicted octanol–water partition coefficient (Wildman–Crippen LogP) is 2.88. The van der Waals surface area contributed by atoms with Crippen LogP contribution in [-0.2, 0) is 18.4 Å². The molecule has 0 saturated heterocycles. The van der Waals surface area contributed by atoms with Crippen LogP contribution in [0.25, 0.3) is 0 Å². The van der Waals surface area contributed by atoms with Crippen LogP contribution < -0.4 is 4.74 Å². The number of benzene rings is 1. The van der Waals surface area contributed by atoms with Crippen LogP contribution in [0.3, 0.4) is 0 Å². The van der Waals surface area contributed by atoms with E-state index in [2.05, 4.69) is 25.0 Å². The summed E-state index contributed by atoms with van der Waals surface area (Å²) in [4.78, 5) is 11.6. The van der Waals surface area contributed by atoms with Crippen molar-refractivity contribution in [1.82, 2.24) is 0 Å². The van der Waals surface area contributed by atoms with Crippen LogP contribution in [0.5, 0.6) is 5.75 Å². The summed E-state index contributed by atoms with van der Waals surface area (Å²) in [5, 5.41) is 0. The number of halogens is 1. The second-order valence-electron chi connectivity index (χ2n) is 3.39. The minimum atomic E-state index is -3.31. The first kappa shape index (κ1) is 15.4. The van der Waals surface area contributed by atoms with E-state index in [4.69, 9.17) is 4.74 Å². The van der Waals surface area contributed by atoms with Crippen LogP contribution in [0.1, 0.15) is 0 Å². The van der Waals surface area contributed by atoms with Crippen molar-refractivity contribution >= 4 is 29.3 Å². The zero-order valence-electron chi connectivity index (χ0n) is 10.1. The number of carbonyl (C=O) groups is 1. The fourth-order valence-electron chi connectivity index (χ4n) is 1.19. The zero-order valence-corrected chi connectivity index (χ0v) is 12.6. The van der Waals surface area contributed by atoms with E-state index in [1.54, 1.807) is 18.2 Å². The van der Waals surface area contributed by atoms with E-state index < -0.39 is 7.60 Å². The Balaban J connectivity index is 2.52. The van der Waals surface area contributed by atoms with E-state index in [-0.39, 0.29) is 18.6 Å². The predicted molar refractivity (Wildman–Crippen MR) is 71.1 cm³/mol. The van der Waals surface area contributed by atoms with E-state index in [9.17, 15) is 9.36 Å². The monoisotopic (exact) mass is 336 g/mol. The Labute approximate surface area is 114 Å². The smallest absolute Gasteiger partial charge is 0.337 e. The number of hydrogen-bond acceptors (Lipinski definition) is 5. The van der Waals surface area contributed by atoms with Gasteiger partial charge in [0.1, 0.15) is 18.5 Å². The largest absolute Gasteiger partial charge is 0.485 e. The number of Topliss-reactive ketones (excluding diaryl/α,β-unsaturated/α-hetero) is 1. The van der Waals surface area contributed by atoms with E-state index in [0.717, 1.165) is 4.47 Å². The molecule has 0 aliphatic rings. The third kappa shape index (κ3) is 4.53. The Morgan fingerprint density at radius 1 is 1.28 bits per heavy atom. The lowest BCUT2D eigenvalue weighted by molar-refractivity contribution is -0.118. The van der Waals surface area contributed by atoms with Crippen molar-refractivity contribution in [2.75, 3.05) is 27.0 Å². The maximum Gasteiger partial charge on any atom is 0.337 e. The number of para-hydroxylation sites is 1. The molecule has 5 nitrogen and oxygen atoms in total. The van der Waals surface area contributed by atoms with Crippen molar-refractivity contribution in [3.05, 3.63) is 28.7 Å². The third-order valence-electron chi connectivity index (χ3n) is 2.15. The first-order chi connectivity index (χ1) is 8.50. The molecule has 0 spiro atoms. The van der Waals surface area contributed by atoms with Gasteiger partial charge in [0.05, 0.1) is 4.47 Å². The van der Waals surface area contributed by atoms with E-state index in [1.807, 2.05) is 6.07 Å². The highest BCUT2D eigenvalue weighted by Crippen LogP contribution is 2.45. The Morgan fingerprint density at radius 2 is 1.89 bits per heavy atom. The van der Waals surface area contributed by atoms with Crippen molar-refractivity contribution in [3.8, 4) is 5.75 Å². The van der Waals surface area contributed by atoms with Crippen LogP contribution in [0.2, 0.25) is 0 Å². The molecule has 1 aromatic rings. The average molecular weight is 337 g/mol. The summed E-state index contributed by atoms with van der Waals surface area (Å²) in [6.07, 6.45) is -0.301. The van der Waals surface area contributed by atoms with Crippen LogP contribution in [0, 0.1) is 0 Å². The van der Waals surface area contributed by atoms with E-state index in [0.29, 0.717) is 5.75 Å². The summed E-state index contributed by atoms with van der Waals surface area (Å²) in [7, 11) is -0.827. The van der Waals surface area contributed by atoms with Crippen LogP contribution in [0.4, 0.5) is 0 Å². The summed E-state index contributed by atoms with van der Waals surface area (Å²) in [5.74, 6) is 0.202. The van der Waals surface area contributed by atoms with Crippen LogP contribution >= 0.6 is 23.5 Å². The Kier molecular flexibility index (Phi) is 6.02. The van der Waals surface area contributed by atoms with Gasteiger partial charge in [-0.15, -0.1) is 0 Å². The van der Waals surface area contributed by atoms with Gasteiger partial charge in [0.25, 0.3) is 0 Å². The number of rotatable bonds is 7. The molecule has 0 fully saturated rings. The highest BCUT2D eigenvalue weighted by molar-refractivity contribution is 9.10. The molecule has 0 aromatic heterocycles. The molecule has 7 heteroatoms. The molecule has 100 valence electrons. The van der Waals surface area contributed by atoms with Gasteiger partial charge in [0, 0.05) is 14.2 Å². The third-order valence-corrected chi connectivity index (χ3v) is 4.66. The van der Waals surface area contributed by atoms with E-state index in [1.165, 1.54) is 14.2 Å². The lowest BCUT2D eigenvalue weighted by atomic mass is 10.3. The topological polar surface area (TPSA) is 61.8 Å². The first-order valence-corrected chi connectivity index (χ1v) is 7.62. The van der Waals surface area contributed by atoms with Crippen LogP contribution in [-0.4, -0.2) is 32.8 Å². The van der Waals surface area contributed by atoms with Crippen molar-refractivity contribution in [3.63, 3.8) is 0 Å². The minimum absolute atomic E-state index is 0.181. The lowest BCUT2D eigenvalue weighted by Gasteiger charge is -2.13. The molecular formula is C11H14BrO5P. The summed E-state index contributed by atoms with van der Waals surface area (Å²) < 4.78 is 27.1. The maximum absolute atomic E-state index is 11.7. The number of carbonyl (C=O) groups excluding carboxylic acids is 1. The van der Waals surface area contributed by atoms with Gasteiger partial charge in [0.2, 0.25) is 0 Å². The second-order valence-corrected chi connectivity index (χ2v) is 6.51. The summed E-state index contributed by atoms with van der Waals surface area (Å²) in [6.45, 7) is -0.181. The zero-order chi connectivity index (χ0) is 13.6. The average Bonchev–Trinajstić information content (AvgIpc) is 2.37. The van der Waals surface area contributed by atoms with E-state index >= 15 is 0 Å². The van der Waals surface area contributed by atoms with Gasteiger partial charge >= 0.3 is 7.60 Å². The molecule has 0 bridgehead atoms. The Hall–Kier alpha value is -0.680. The molecule has 18 heavy (non-hydrogen) atoms. The molecule has 0 atom stereocenters. The van der Waals surface area contributed by atoms with Crippen molar-refractivity contribution in [2.45, 2.75) is 0 Å². The lowest BCUT2D eigenvalue weighted by Crippen LogP contribution is -2.16. The molecule has 0 amide bonds. The molecule has 0 radical (unpaired) electrons. The highest BCUT2D eigenvalue weighted by atomic mass is 79.9. The summed E-state index contributed by atoms with van der Waals surface area (Å²) in [5.41, 5.74) is 0. The van der Waals surface area contributed by atoms with Gasteiger partial charge in [-0.3, -0.25) is 9.36 Å². The number of ketones is 1. The summed E-state index contributed by atoms with van der Waals surface area (Å²) >= 11 is 3.29. The van der Waals surface area contributed by atoms with Crippen molar-refractivity contribution in [2.24, 2.45) is 0 Å². The van der Waals surface area contributed by atoms with Gasteiger partial charge in [-0.1, -0.05) is 12.1 Å². The standard InChI is InChI=1S/C11H14BrO5P/c1-15-18(14,16-2)8-9(13)7-17-11-6-4-3-5-10(11)12/h3-6H,7-8H2,1-2H3. The molecule has 0 unspecified atom stereocenters. The first-order valence-electron chi connectivity index (χ1n) is 5.10. The van der Waals surface area contributed by atoms with Gasteiger partial charge in [-0.05, 0) is 28.1 Å². The molecule has 1 rings (SSSR count). The minimum Gasteiger partial charge on any atom is -0.485 e. The number of hydrogen-bond donors (Lipinski definition) is 0. The van der Waals surface area contributed by atoms with Gasteiger partial charge in [0.15, 0.2) is 5.78 Å². The van der Waals surface area contributed by atoms with Gasteiger partial charge in [-0.25, -0.2) is 0 Å². The van der Waals surface area contributed by atoms with Crippen LogP contribution in [0.15, 0.2) is 28.7 Å². The van der Waals surface area contributed by atoms with Gasteiger partial charge < -0.3 is 13.8 Å². The summed E-state index contributed by atoms with van der Waals surface area (Å²) in [6, 6.07) is 7.15. The number of ether oxygens (including phenoxy) is 1. The van der Waals surface area contributed by atoms with Gasteiger partial charge in [-0.2, -0.15) is 0 Å². The molecular weight excluding hydrogens is 323 g/mol. The molecule has 0 aliphatic heterocycles. The fourth-order valence-corrected chi connectivity index (χ4v) is 2.52. The second kappa shape index (κ2) is 7.04. The maximum atomic E-state index is 11.7.